The lowest BCUT2D eigenvalue weighted by molar-refractivity contribution is -0.121. The van der Waals surface area contributed by atoms with Crippen molar-refractivity contribution in [2.24, 2.45) is 0 Å². The number of hydrogen-bond acceptors (Lipinski definition) is 4. The third-order valence-electron chi connectivity index (χ3n) is 5.61. The number of hydrogen-bond donors (Lipinski definition) is 1. The summed E-state index contributed by atoms with van der Waals surface area (Å²) in [6, 6.07) is 13.8. The van der Waals surface area contributed by atoms with Crippen LogP contribution in [-0.2, 0) is 4.79 Å². The number of Topliss-reactive ketones (excluding diaryl/α,β-unsaturated/α-hetero) is 1. The van der Waals surface area contributed by atoms with Crippen molar-refractivity contribution >= 4 is 17.4 Å². The minimum absolute atomic E-state index is 0.0184. The van der Waals surface area contributed by atoms with Gasteiger partial charge in [-0.3, -0.25) is 9.59 Å². The molecule has 1 N–H and O–H groups in total. The molecule has 1 aliphatic heterocycles. The number of aryl methyl sites for hydroxylation is 2. The number of amides is 1. The Morgan fingerprint density at radius 2 is 1.93 bits per heavy atom. The van der Waals surface area contributed by atoms with Gasteiger partial charge in [-0.25, -0.2) is 0 Å². The summed E-state index contributed by atoms with van der Waals surface area (Å²) in [6.07, 6.45) is 2.43. The summed E-state index contributed by atoms with van der Waals surface area (Å²) in [6.45, 7) is 5.75. The molecule has 1 unspecified atom stereocenters. The second-order valence-corrected chi connectivity index (χ2v) is 7.78. The number of nitrogens with one attached hydrogen (secondary N) is 1. The minimum Gasteiger partial charge on any atom is -0.497 e. The smallest absolute Gasteiger partial charge is 0.220 e. The lowest BCUT2D eigenvalue weighted by Gasteiger charge is -2.35. The molecular weight excluding hydrogens is 364 g/mol. The first-order valence-electron chi connectivity index (χ1n) is 10.2. The van der Waals surface area contributed by atoms with Gasteiger partial charge in [0.25, 0.3) is 0 Å². The largest absolute Gasteiger partial charge is 0.497 e. The van der Waals surface area contributed by atoms with Crippen molar-refractivity contribution in [3.05, 3.63) is 59.2 Å². The number of anilines is 1. The summed E-state index contributed by atoms with van der Waals surface area (Å²) in [4.78, 5) is 27.1. The summed E-state index contributed by atoms with van der Waals surface area (Å²) >= 11 is 0. The van der Waals surface area contributed by atoms with Gasteiger partial charge in [0.2, 0.25) is 5.91 Å². The normalized spacial score (nSPS) is 16.4. The van der Waals surface area contributed by atoms with Gasteiger partial charge in [0.15, 0.2) is 5.78 Å². The Morgan fingerprint density at radius 3 is 2.69 bits per heavy atom. The Hall–Kier alpha value is -2.82. The Bertz CT molecular complexity index is 878. The lowest BCUT2D eigenvalue weighted by atomic mass is 10.0. The van der Waals surface area contributed by atoms with E-state index in [4.69, 9.17) is 4.74 Å². The first-order valence-corrected chi connectivity index (χ1v) is 10.2. The van der Waals surface area contributed by atoms with E-state index in [0.29, 0.717) is 5.56 Å². The van der Waals surface area contributed by atoms with Gasteiger partial charge in [-0.2, -0.15) is 0 Å². The van der Waals surface area contributed by atoms with Gasteiger partial charge in [-0.15, -0.1) is 0 Å². The zero-order valence-electron chi connectivity index (χ0n) is 17.5. The van der Waals surface area contributed by atoms with Crippen LogP contribution in [0.25, 0.3) is 0 Å². The first kappa shape index (κ1) is 20.9. The number of rotatable bonds is 7. The molecule has 1 amide bonds. The molecule has 1 fully saturated rings. The number of carbonyl (C=O) groups is 2. The van der Waals surface area contributed by atoms with E-state index in [9.17, 15) is 9.59 Å². The van der Waals surface area contributed by atoms with E-state index in [1.54, 1.807) is 7.11 Å². The number of benzene rings is 2. The Labute approximate surface area is 173 Å². The highest BCUT2D eigenvalue weighted by molar-refractivity contribution is 5.98. The van der Waals surface area contributed by atoms with Crippen LogP contribution in [-0.4, -0.2) is 37.9 Å². The molecule has 154 valence electrons. The molecular formula is C24H30N2O3. The van der Waals surface area contributed by atoms with Crippen molar-refractivity contribution in [2.75, 3.05) is 25.1 Å². The standard InChI is InChI=1S/C24H30N2O3/c1-17-9-10-19(14-18(17)2)23(27)11-12-24(28)25-20-6-5-13-26(16-20)21-7-4-8-22(15-21)29-3/h4,7-10,14-15,20H,5-6,11-13,16H2,1-3H3,(H,25,28). The second kappa shape index (κ2) is 9.59. The molecule has 1 aliphatic rings. The van der Waals surface area contributed by atoms with Crippen LogP contribution < -0.4 is 15.0 Å². The molecule has 5 heteroatoms. The predicted octanol–water partition coefficient (Wildman–Crippen LogP) is 4.06. The van der Waals surface area contributed by atoms with Crippen LogP contribution in [0.1, 0.15) is 47.2 Å². The maximum atomic E-state index is 12.4. The van der Waals surface area contributed by atoms with Crippen molar-refractivity contribution in [3.8, 4) is 5.75 Å². The maximum absolute atomic E-state index is 12.4. The number of piperidine rings is 1. The van der Waals surface area contributed by atoms with Crippen molar-refractivity contribution in [1.29, 1.82) is 0 Å². The number of ketones is 1. The molecule has 0 aromatic heterocycles. The molecule has 5 nitrogen and oxygen atoms in total. The summed E-state index contributed by atoms with van der Waals surface area (Å²) < 4.78 is 5.31. The fraction of sp³-hybridized carbons (Fsp3) is 0.417. The van der Waals surface area contributed by atoms with Gasteiger partial charge in [-0.05, 0) is 56.0 Å². The highest BCUT2D eigenvalue weighted by Gasteiger charge is 2.22. The molecule has 0 aliphatic carbocycles. The molecule has 1 heterocycles. The van der Waals surface area contributed by atoms with Crippen LogP contribution >= 0.6 is 0 Å². The Balaban J connectivity index is 1.50. The average Bonchev–Trinajstić information content (AvgIpc) is 2.74. The van der Waals surface area contributed by atoms with Gasteiger partial charge in [0.1, 0.15) is 5.75 Å². The molecule has 3 rings (SSSR count). The Kier molecular flexibility index (Phi) is 6.91. The topological polar surface area (TPSA) is 58.6 Å². The SMILES string of the molecule is COc1cccc(N2CCCC(NC(=O)CCC(=O)c3ccc(C)c(C)c3)C2)c1. The maximum Gasteiger partial charge on any atom is 0.220 e. The molecule has 29 heavy (non-hydrogen) atoms. The lowest BCUT2D eigenvalue weighted by Crippen LogP contribution is -2.47. The predicted molar refractivity (Wildman–Crippen MR) is 116 cm³/mol. The number of carbonyl (C=O) groups excluding carboxylic acids is 2. The van der Waals surface area contributed by atoms with Gasteiger partial charge in [0.05, 0.1) is 7.11 Å². The van der Waals surface area contributed by atoms with Gasteiger partial charge >= 0.3 is 0 Å². The zero-order valence-corrected chi connectivity index (χ0v) is 17.5. The Morgan fingerprint density at radius 1 is 1.10 bits per heavy atom. The molecule has 0 spiro atoms. The number of ether oxygens (including phenoxy) is 1. The average molecular weight is 395 g/mol. The summed E-state index contributed by atoms with van der Waals surface area (Å²) in [7, 11) is 1.66. The molecule has 2 aromatic rings. The highest BCUT2D eigenvalue weighted by atomic mass is 16.5. The number of nitrogens with zero attached hydrogens (tertiary/aromatic N) is 1. The van der Waals surface area contributed by atoms with E-state index in [0.717, 1.165) is 48.5 Å². The minimum atomic E-state index is -0.0559. The highest BCUT2D eigenvalue weighted by Crippen LogP contribution is 2.24. The summed E-state index contributed by atoms with van der Waals surface area (Å²) in [5.74, 6) is 0.795. The van der Waals surface area contributed by atoms with Crippen LogP contribution in [0.5, 0.6) is 5.75 Å². The van der Waals surface area contributed by atoms with E-state index in [2.05, 4.69) is 16.3 Å². The van der Waals surface area contributed by atoms with Gasteiger partial charge in [0, 0.05) is 49.3 Å². The van der Waals surface area contributed by atoms with Crippen molar-refractivity contribution in [3.63, 3.8) is 0 Å². The van der Waals surface area contributed by atoms with Crippen LogP contribution in [0.3, 0.4) is 0 Å². The molecule has 0 radical (unpaired) electrons. The van der Waals surface area contributed by atoms with Crippen LogP contribution in [0.15, 0.2) is 42.5 Å². The number of methoxy groups -OCH3 is 1. The van der Waals surface area contributed by atoms with Crippen molar-refractivity contribution < 1.29 is 14.3 Å². The van der Waals surface area contributed by atoms with Gasteiger partial charge < -0.3 is 15.0 Å². The third-order valence-corrected chi connectivity index (χ3v) is 5.61. The van der Waals surface area contributed by atoms with E-state index < -0.39 is 0 Å². The quantitative estimate of drug-likeness (QED) is 0.720. The van der Waals surface area contributed by atoms with E-state index >= 15 is 0 Å². The van der Waals surface area contributed by atoms with E-state index in [-0.39, 0.29) is 30.6 Å². The van der Waals surface area contributed by atoms with Gasteiger partial charge in [-0.1, -0.05) is 18.2 Å². The molecule has 0 bridgehead atoms. The summed E-state index contributed by atoms with van der Waals surface area (Å²) in [5.41, 5.74) is 4.05. The van der Waals surface area contributed by atoms with Crippen molar-refractivity contribution in [2.45, 2.75) is 45.6 Å². The first-order chi connectivity index (χ1) is 14.0. The third kappa shape index (κ3) is 5.59. The molecule has 1 saturated heterocycles. The fourth-order valence-electron chi connectivity index (χ4n) is 3.72. The zero-order chi connectivity index (χ0) is 20.8. The van der Waals surface area contributed by atoms with E-state index in [1.165, 1.54) is 0 Å². The van der Waals surface area contributed by atoms with Crippen LogP contribution in [0.4, 0.5) is 5.69 Å². The van der Waals surface area contributed by atoms with Crippen LogP contribution in [0, 0.1) is 13.8 Å². The summed E-state index contributed by atoms with van der Waals surface area (Å²) in [5, 5.41) is 3.11. The van der Waals surface area contributed by atoms with Crippen molar-refractivity contribution in [1.82, 2.24) is 5.32 Å². The molecule has 0 saturated carbocycles. The second-order valence-electron chi connectivity index (χ2n) is 7.78. The molecule has 2 aromatic carbocycles. The van der Waals surface area contributed by atoms with E-state index in [1.807, 2.05) is 50.2 Å². The molecule has 1 atom stereocenters. The monoisotopic (exact) mass is 394 g/mol. The fourth-order valence-corrected chi connectivity index (χ4v) is 3.72. The van der Waals surface area contributed by atoms with Crippen LogP contribution in [0.2, 0.25) is 0 Å².